The largest absolute Gasteiger partial charge is 0.480 e. The summed E-state index contributed by atoms with van der Waals surface area (Å²) in [5, 5.41) is 24.4. The van der Waals surface area contributed by atoms with Crippen molar-refractivity contribution in [3.8, 4) is 11.9 Å². The van der Waals surface area contributed by atoms with Crippen LogP contribution in [0.15, 0.2) is 29.1 Å². The van der Waals surface area contributed by atoms with Crippen molar-refractivity contribution in [2.45, 2.75) is 31.9 Å². The second-order valence-electron chi connectivity index (χ2n) is 7.97. The fourth-order valence-electron chi connectivity index (χ4n) is 4.77. The minimum atomic E-state index is -0.269. The van der Waals surface area contributed by atoms with Gasteiger partial charge in [0, 0.05) is 38.9 Å². The van der Waals surface area contributed by atoms with Gasteiger partial charge in [0.15, 0.2) is 0 Å². The highest BCUT2D eigenvalue weighted by Gasteiger charge is 2.41. The van der Waals surface area contributed by atoms with Crippen LogP contribution >= 0.6 is 11.3 Å². The van der Waals surface area contributed by atoms with Crippen LogP contribution in [-0.4, -0.2) is 54.4 Å². The van der Waals surface area contributed by atoms with Gasteiger partial charge in [-0.15, -0.1) is 0 Å². The number of likely N-dealkylation sites (tertiary alicyclic amines) is 1. The molecule has 1 unspecified atom stereocenters. The van der Waals surface area contributed by atoms with Crippen molar-refractivity contribution in [2.75, 3.05) is 38.2 Å². The summed E-state index contributed by atoms with van der Waals surface area (Å²) in [6.07, 6.45) is 4.33. The van der Waals surface area contributed by atoms with Crippen molar-refractivity contribution in [1.29, 1.82) is 5.26 Å². The molecule has 4 heterocycles. The summed E-state index contributed by atoms with van der Waals surface area (Å²) in [7, 11) is 1.55. The monoisotopic (exact) mass is 398 g/mol. The summed E-state index contributed by atoms with van der Waals surface area (Å²) in [5.41, 5.74) is 2.88. The number of thiophene rings is 1. The standard InChI is InChI=1S/C21H26N4O2S/c1-27-20-18(11-22)19(2-6-23-20)25-7-4-21(5-8-25)10-17(26)13-24(15-21)12-16-3-9-28-14-16/h2-3,6,9,14,17,26H,4-5,7-8,10,12-13,15H2,1H3. The molecule has 4 rings (SSSR count). The summed E-state index contributed by atoms with van der Waals surface area (Å²) in [4.78, 5) is 8.82. The summed E-state index contributed by atoms with van der Waals surface area (Å²) < 4.78 is 5.26. The molecule has 2 fully saturated rings. The zero-order valence-corrected chi connectivity index (χ0v) is 17.0. The molecule has 2 aliphatic rings. The van der Waals surface area contributed by atoms with Crippen LogP contribution in [0.3, 0.4) is 0 Å². The molecule has 2 aliphatic heterocycles. The van der Waals surface area contributed by atoms with Crippen molar-refractivity contribution in [3.05, 3.63) is 40.2 Å². The van der Waals surface area contributed by atoms with Crippen molar-refractivity contribution in [1.82, 2.24) is 9.88 Å². The number of rotatable bonds is 4. The molecular formula is C21H26N4O2S. The van der Waals surface area contributed by atoms with E-state index >= 15 is 0 Å². The van der Waals surface area contributed by atoms with Crippen LogP contribution in [0.4, 0.5) is 5.69 Å². The van der Waals surface area contributed by atoms with Gasteiger partial charge in [0.05, 0.1) is 18.9 Å². The highest BCUT2D eigenvalue weighted by molar-refractivity contribution is 7.07. The van der Waals surface area contributed by atoms with E-state index in [1.807, 2.05) is 6.07 Å². The predicted octanol–water partition coefficient (Wildman–Crippen LogP) is 2.88. The predicted molar refractivity (Wildman–Crippen MR) is 110 cm³/mol. The molecule has 1 atom stereocenters. The first-order valence-corrected chi connectivity index (χ1v) is 10.7. The number of nitrogens with zero attached hydrogens (tertiary/aromatic N) is 4. The molecule has 1 spiro atoms. The molecule has 0 bridgehead atoms. The molecule has 2 saturated heterocycles. The number of piperidine rings is 2. The summed E-state index contributed by atoms with van der Waals surface area (Å²) >= 11 is 1.72. The molecular weight excluding hydrogens is 372 g/mol. The Morgan fingerprint density at radius 1 is 1.39 bits per heavy atom. The Hall–Kier alpha value is -2.14. The number of methoxy groups -OCH3 is 1. The highest BCUT2D eigenvalue weighted by atomic mass is 32.1. The number of aliphatic hydroxyl groups is 1. The molecule has 2 aromatic heterocycles. The zero-order valence-electron chi connectivity index (χ0n) is 16.2. The lowest BCUT2D eigenvalue weighted by atomic mass is 9.71. The lowest BCUT2D eigenvalue weighted by Crippen LogP contribution is -2.53. The molecule has 0 aromatic carbocycles. The highest BCUT2D eigenvalue weighted by Crippen LogP contribution is 2.42. The Bertz CT molecular complexity index is 841. The van der Waals surface area contributed by atoms with Gasteiger partial charge in [0.2, 0.25) is 5.88 Å². The van der Waals surface area contributed by atoms with E-state index in [1.54, 1.807) is 24.6 Å². The smallest absolute Gasteiger partial charge is 0.233 e. The van der Waals surface area contributed by atoms with E-state index in [0.29, 0.717) is 11.4 Å². The molecule has 6 nitrogen and oxygen atoms in total. The van der Waals surface area contributed by atoms with Gasteiger partial charge in [0.1, 0.15) is 11.6 Å². The Morgan fingerprint density at radius 3 is 2.89 bits per heavy atom. The summed E-state index contributed by atoms with van der Waals surface area (Å²) in [6, 6.07) is 6.31. The number of hydrogen-bond acceptors (Lipinski definition) is 7. The summed E-state index contributed by atoms with van der Waals surface area (Å²) in [6.45, 7) is 4.44. The Kier molecular flexibility index (Phi) is 5.54. The quantitative estimate of drug-likeness (QED) is 0.854. The maximum Gasteiger partial charge on any atom is 0.233 e. The van der Waals surface area contributed by atoms with Crippen molar-refractivity contribution >= 4 is 17.0 Å². The van der Waals surface area contributed by atoms with Crippen molar-refractivity contribution in [3.63, 3.8) is 0 Å². The van der Waals surface area contributed by atoms with Crippen LogP contribution in [0.1, 0.15) is 30.4 Å². The van der Waals surface area contributed by atoms with E-state index in [0.717, 1.165) is 57.7 Å². The van der Waals surface area contributed by atoms with E-state index in [2.05, 4.69) is 37.7 Å². The Labute approximate surface area is 170 Å². The van der Waals surface area contributed by atoms with Gasteiger partial charge in [0.25, 0.3) is 0 Å². The lowest BCUT2D eigenvalue weighted by Gasteiger charge is -2.49. The molecule has 28 heavy (non-hydrogen) atoms. The van der Waals surface area contributed by atoms with Gasteiger partial charge in [-0.3, -0.25) is 4.90 Å². The zero-order chi connectivity index (χ0) is 19.6. The van der Waals surface area contributed by atoms with Crippen LogP contribution in [0.2, 0.25) is 0 Å². The molecule has 0 aliphatic carbocycles. The van der Waals surface area contributed by atoms with Gasteiger partial charge >= 0.3 is 0 Å². The number of anilines is 1. The van der Waals surface area contributed by atoms with Crippen LogP contribution in [-0.2, 0) is 6.54 Å². The van der Waals surface area contributed by atoms with E-state index < -0.39 is 0 Å². The first-order valence-electron chi connectivity index (χ1n) is 9.72. The third-order valence-corrected chi connectivity index (χ3v) is 6.78. The second kappa shape index (κ2) is 8.08. The number of aliphatic hydroxyl groups excluding tert-OH is 1. The number of pyridine rings is 1. The molecule has 148 valence electrons. The maximum absolute atomic E-state index is 10.5. The van der Waals surface area contributed by atoms with Gasteiger partial charge in [-0.1, -0.05) is 0 Å². The van der Waals surface area contributed by atoms with Crippen LogP contribution in [0.25, 0.3) is 0 Å². The molecule has 7 heteroatoms. The number of nitriles is 1. The van der Waals surface area contributed by atoms with Crippen molar-refractivity contribution < 1.29 is 9.84 Å². The maximum atomic E-state index is 10.5. The van der Waals surface area contributed by atoms with E-state index in [9.17, 15) is 10.4 Å². The fraction of sp³-hybridized carbons (Fsp3) is 0.524. The normalized spacial score (nSPS) is 22.2. The lowest BCUT2D eigenvalue weighted by molar-refractivity contribution is -0.0251. The van der Waals surface area contributed by atoms with Crippen LogP contribution in [0.5, 0.6) is 5.88 Å². The molecule has 0 saturated carbocycles. The Balaban J connectivity index is 1.46. The fourth-order valence-corrected chi connectivity index (χ4v) is 5.43. The minimum Gasteiger partial charge on any atom is -0.480 e. The third-order valence-electron chi connectivity index (χ3n) is 6.05. The van der Waals surface area contributed by atoms with Gasteiger partial charge in [-0.2, -0.15) is 16.6 Å². The minimum absolute atomic E-state index is 0.147. The van der Waals surface area contributed by atoms with Gasteiger partial charge in [-0.25, -0.2) is 4.98 Å². The number of aromatic nitrogens is 1. The average molecular weight is 399 g/mol. The van der Waals surface area contributed by atoms with Gasteiger partial charge < -0.3 is 14.7 Å². The molecule has 1 N–H and O–H groups in total. The molecule has 2 aromatic rings. The van der Waals surface area contributed by atoms with Crippen LogP contribution in [0, 0.1) is 16.7 Å². The molecule has 0 radical (unpaired) electrons. The molecule has 0 amide bonds. The number of β-amino-alcohol motifs (C(OH)–C–C–N with tert-alkyl or cyclic N) is 1. The third kappa shape index (κ3) is 3.86. The second-order valence-corrected chi connectivity index (χ2v) is 8.75. The topological polar surface area (TPSA) is 72.6 Å². The van der Waals surface area contributed by atoms with E-state index in [-0.39, 0.29) is 11.5 Å². The average Bonchev–Trinajstić information content (AvgIpc) is 3.20. The van der Waals surface area contributed by atoms with Crippen LogP contribution < -0.4 is 9.64 Å². The van der Waals surface area contributed by atoms with Crippen molar-refractivity contribution in [2.24, 2.45) is 5.41 Å². The first-order chi connectivity index (χ1) is 13.6. The summed E-state index contributed by atoms with van der Waals surface area (Å²) in [5.74, 6) is 0.385. The first kappa shape index (κ1) is 19.2. The SMILES string of the molecule is COc1nccc(N2CCC3(CC2)CC(O)CN(Cc2ccsc2)C3)c1C#N. The van der Waals surface area contributed by atoms with Gasteiger partial charge in [-0.05, 0) is 53.1 Å². The number of hydrogen-bond donors (Lipinski definition) is 1. The Morgan fingerprint density at radius 2 is 2.21 bits per heavy atom. The van der Waals surface area contributed by atoms with E-state index in [4.69, 9.17) is 4.74 Å². The number of ether oxygens (including phenoxy) is 1. The van der Waals surface area contributed by atoms with E-state index in [1.165, 1.54) is 5.56 Å².